The van der Waals surface area contributed by atoms with Gasteiger partial charge in [0.25, 0.3) is 0 Å². The maximum Gasteiger partial charge on any atom is 0.225 e. The standard InChI is InChI=1S/C16H14N4O/c17-8-11-5-6-15(18-9-11)19-10-12-7-16(21)20-14-4-2-1-3-13(12)14/h1-6,9,12H,7,10H2,(H,18,19)(H,20,21)/t12-/m1/s1. The molecule has 1 atom stereocenters. The lowest BCUT2D eigenvalue weighted by Crippen LogP contribution is -2.26. The van der Waals surface area contributed by atoms with E-state index in [0.29, 0.717) is 24.3 Å². The molecule has 0 spiro atoms. The lowest BCUT2D eigenvalue weighted by molar-refractivity contribution is -0.116. The Morgan fingerprint density at radius 2 is 2.19 bits per heavy atom. The Bertz CT molecular complexity index is 703. The van der Waals surface area contributed by atoms with Crippen molar-refractivity contribution in [3.8, 4) is 6.07 Å². The smallest absolute Gasteiger partial charge is 0.225 e. The van der Waals surface area contributed by atoms with E-state index in [2.05, 4.69) is 15.6 Å². The van der Waals surface area contributed by atoms with Gasteiger partial charge in [0.1, 0.15) is 11.9 Å². The first-order valence-electron chi connectivity index (χ1n) is 6.75. The van der Waals surface area contributed by atoms with Crippen LogP contribution in [0.3, 0.4) is 0 Å². The topological polar surface area (TPSA) is 77.8 Å². The molecule has 2 N–H and O–H groups in total. The van der Waals surface area contributed by atoms with Gasteiger partial charge in [-0.05, 0) is 23.8 Å². The van der Waals surface area contributed by atoms with Crippen LogP contribution in [0.25, 0.3) is 0 Å². The maximum absolute atomic E-state index is 11.7. The van der Waals surface area contributed by atoms with Crippen LogP contribution in [-0.2, 0) is 4.79 Å². The number of fused-ring (bicyclic) bond motifs is 1. The third-order valence-electron chi connectivity index (χ3n) is 3.53. The van der Waals surface area contributed by atoms with Gasteiger partial charge in [0.15, 0.2) is 0 Å². The predicted octanol–water partition coefficient (Wildman–Crippen LogP) is 2.49. The molecule has 0 aliphatic carbocycles. The number of para-hydroxylation sites is 1. The van der Waals surface area contributed by atoms with Gasteiger partial charge >= 0.3 is 0 Å². The molecule has 1 aliphatic rings. The Hall–Kier alpha value is -2.87. The van der Waals surface area contributed by atoms with Crippen molar-refractivity contribution >= 4 is 17.4 Å². The summed E-state index contributed by atoms with van der Waals surface area (Å²) in [6.07, 6.45) is 1.99. The summed E-state index contributed by atoms with van der Waals surface area (Å²) in [5.74, 6) is 0.859. The summed E-state index contributed by atoms with van der Waals surface area (Å²) in [6.45, 7) is 0.628. The van der Waals surface area contributed by atoms with Crippen molar-refractivity contribution in [1.29, 1.82) is 5.26 Å². The molecule has 1 aliphatic heterocycles. The van der Waals surface area contributed by atoms with E-state index in [4.69, 9.17) is 5.26 Å². The second-order valence-corrected chi connectivity index (χ2v) is 4.96. The average molecular weight is 278 g/mol. The molecule has 104 valence electrons. The van der Waals surface area contributed by atoms with Gasteiger partial charge in [-0.2, -0.15) is 5.26 Å². The largest absolute Gasteiger partial charge is 0.369 e. The summed E-state index contributed by atoms with van der Waals surface area (Å²) in [5, 5.41) is 14.9. The highest BCUT2D eigenvalue weighted by Gasteiger charge is 2.24. The third kappa shape index (κ3) is 2.84. The van der Waals surface area contributed by atoms with Crippen LogP contribution in [0, 0.1) is 11.3 Å². The molecule has 0 radical (unpaired) electrons. The van der Waals surface area contributed by atoms with Crippen LogP contribution in [-0.4, -0.2) is 17.4 Å². The van der Waals surface area contributed by atoms with Gasteiger partial charge in [0.2, 0.25) is 5.91 Å². The summed E-state index contributed by atoms with van der Waals surface area (Å²) in [6, 6.07) is 13.4. The van der Waals surface area contributed by atoms with Crippen LogP contribution in [0.15, 0.2) is 42.6 Å². The van der Waals surface area contributed by atoms with E-state index in [1.165, 1.54) is 6.20 Å². The van der Waals surface area contributed by atoms with E-state index in [0.717, 1.165) is 11.3 Å². The molecule has 2 heterocycles. The second-order valence-electron chi connectivity index (χ2n) is 4.96. The molecule has 2 aromatic rings. The molecule has 1 aromatic heterocycles. The maximum atomic E-state index is 11.7. The van der Waals surface area contributed by atoms with Gasteiger partial charge in [0.05, 0.1) is 5.56 Å². The van der Waals surface area contributed by atoms with E-state index < -0.39 is 0 Å². The quantitative estimate of drug-likeness (QED) is 0.904. The van der Waals surface area contributed by atoms with E-state index in [1.54, 1.807) is 12.1 Å². The summed E-state index contributed by atoms with van der Waals surface area (Å²) in [5.41, 5.74) is 2.55. The zero-order valence-corrected chi connectivity index (χ0v) is 11.3. The van der Waals surface area contributed by atoms with Crippen molar-refractivity contribution in [2.45, 2.75) is 12.3 Å². The molecule has 0 unspecified atom stereocenters. The zero-order chi connectivity index (χ0) is 14.7. The van der Waals surface area contributed by atoms with Crippen LogP contribution in [0.2, 0.25) is 0 Å². The van der Waals surface area contributed by atoms with Gasteiger partial charge in [-0.25, -0.2) is 4.98 Å². The molecule has 21 heavy (non-hydrogen) atoms. The first-order valence-corrected chi connectivity index (χ1v) is 6.75. The van der Waals surface area contributed by atoms with Crippen molar-refractivity contribution in [3.63, 3.8) is 0 Å². The minimum atomic E-state index is 0.0355. The number of carbonyl (C=O) groups is 1. The molecule has 1 aromatic carbocycles. The molecule has 0 fully saturated rings. The number of hydrogen-bond acceptors (Lipinski definition) is 4. The Kier molecular flexibility index (Phi) is 3.52. The number of carbonyl (C=O) groups excluding carboxylic acids is 1. The second kappa shape index (κ2) is 5.63. The van der Waals surface area contributed by atoms with Crippen LogP contribution in [0.5, 0.6) is 0 Å². The molecule has 0 saturated carbocycles. The Morgan fingerprint density at radius 1 is 1.33 bits per heavy atom. The SMILES string of the molecule is N#Cc1ccc(NC[C@H]2CC(=O)Nc3ccccc32)nc1. The molecular weight excluding hydrogens is 264 g/mol. The number of pyridine rings is 1. The number of anilines is 2. The van der Waals surface area contributed by atoms with Crippen LogP contribution >= 0.6 is 0 Å². The van der Waals surface area contributed by atoms with Crippen molar-refractivity contribution in [1.82, 2.24) is 4.98 Å². The number of nitriles is 1. The number of benzene rings is 1. The number of aromatic nitrogens is 1. The number of amides is 1. The third-order valence-corrected chi connectivity index (χ3v) is 3.53. The van der Waals surface area contributed by atoms with Crippen LogP contribution in [0.1, 0.15) is 23.5 Å². The van der Waals surface area contributed by atoms with Crippen LogP contribution in [0.4, 0.5) is 11.5 Å². The molecule has 5 nitrogen and oxygen atoms in total. The Labute approximate surface area is 122 Å². The van der Waals surface area contributed by atoms with Crippen LogP contribution < -0.4 is 10.6 Å². The predicted molar refractivity (Wildman–Crippen MR) is 79.9 cm³/mol. The minimum Gasteiger partial charge on any atom is -0.369 e. The number of nitrogens with zero attached hydrogens (tertiary/aromatic N) is 2. The van der Waals surface area contributed by atoms with Gasteiger partial charge in [-0.15, -0.1) is 0 Å². The average Bonchev–Trinajstić information content (AvgIpc) is 2.53. The fraction of sp³-hybridized carbons (Fsp3) is 0.188. The van der Waals surface area contributed by atoms with Gasteiger partial charge in [-0.3, -0.25) is 4.79 Å². The van der Waals surface area contributed by atoms with E-state index >= 15 is 0 Å². The summed E-state index contributed by atoms with van der Waals surface area (Å²) in [7, 11) is 0. The lowest BCUT2D eigenvalue weighted by atomic mass is 9.90. The highest BCUT2D eigenvalue weighted by molar-refractivity contribution is 5.94. The highest BCUT2D eigenvalue weighted by Crippen LogP contribution is 2.31. The summed E-state index contributed by atoms with van der Waals surface area (Å²) in [4.78, 5) is 15.9. The normalized spacial score (nSPS) is 16.5. The lowest BCUT2D eigenvalue weighted by Gasteiger charge is -2.25. The molecule has 5 heteroatoms. The first kappa shape index (κ1) is 13.1. The van der Waals surface area contributed by atoms with Crippen molar-refractivity contribution in [2.75, 3.05) is 17.2 Å². The number of nitrogens with one attached hydrogen (secondary N) is 2. The molecule has 1 amide bonds. The van der Waals surface area contributed by atoms with Gasteiger partial charge in [-0.1, -0.05) is 18.2 Å². The van der Waals surface area contributed by atoms with E-state index in [1.807, 2.05) is 30.3 Å². The van der Waals surface area contributed by atoms with Gasteiger partial charge < -0.3 is 10.6 Å². The first-order chi connectivity index (χ1) is 10.3. The fourth-order valence-electron chi connectivity index (χ4n) is 2.48. The fourth-order valence-corrected chi connectivity index (χ4v) is 2.48. The van der Waals surface area contributed by atoms with E-state index in [9.17, 15) is 4.79 Å². The highest BCUT2D eigenvalue weighted by atomic mass is 16.1. The molecule has 0 saturated heterocycles. The zero-order valence-electron chi connectivity index (χ0n) is 11.3. The summed E-state index contributed by atoms with van der Waals surface area (Å²) >= 11 is 0. The van der Waals surface area contributed by atoms with Crippen molar-refractivity contribution in [3.05, 3.63) is 53.7 Å². The van der Waals surface area contributed by atoms with E-state index in [-0.39, 0.29) is 11.8 Å². The Balaban J connectivity index is 1.73. The molecule has 3 rings (SSSR count). The monoisotopic (exact) mass is 278 g/mol. The summed E-state index contributed by atoms with van der Waals surface area (Å²) < 4.78 is 0. The van der Waals surface area contributed by atoms with Crippen molar-refractivity contribution in [2.24, 2.45) is 0 Å². The number of hydrogen-bond donors (Lipinski definition) is 2. The minimum absolute atomic E-state index is 0.0355. The van der Waals surface area contributed by atoms with Gasteiger partial charge in [0, 0.05) is 30.8 Å². The Morgan fingerprint density at radius 3 is 2.95 bits per heavy atom. The molecular formula is C16H14N4O. The molecule has 0 bridgehead atoms. The number of rotatable bonds is 3. The van der Waals surface area contributed by atoms with Crippen molar-refractivity contribution < 1.29 is 4.79 Å².